The van der Waals surface area contributed by atoms with Crippen molar-refractivity contribution in [1.82, 2.24) is 4.90 Å². The molecule has 0 N–H and O–H groups in total. The fourth-order valence-corrected chi connectivity index (χ4v) is 4.03. The van der Waals surface area contributed by atoms with E-state index in [0.717, 1.165) is 27.4 Å². The second-order valence-electron chi connectivity index (χ2n) is 5.19. The van der Waals surface area contributed by atoms with E-state index in [1.54, 1.807) is 24.3 Å². The van der Waals surface area contributed by atoms with Crippen molar-refractivity contribution in [3.8, 4) is 0 Å². The van der Waals surface area contributed by atoms with E-state index >= 15 is 0 Å². The van der Waals surface area contributed by atoms with E-state index in [1.165, 1.54) is 4.90 Å². The number of nitrogens with zero attached hydrogens (tertiary/aromatic N) is 1. The molecule has 1 heterocycles. The van der Waals surface area contributed by atoms with Crippen molar-refractivity contribution in [2.75, 3.05) is 6.54 Å². The molecule has 2 amide bonds. The van der Waals surface area contributed by atoms with E-state index in [-0.39, 0.29) is 11.8 Å². The van der Waals surface area contributed by atoms with Gasteiger partial charge in [-0.05, 0) is 48.7 Å². The van der Waals surface area contributed by atoms with Crippen LogP contribution in [0.2, 0.25) is 0 Å². The molecule has 2 aromatic carbocycles. The highest BCUT2D eigenvalue weighted by molar-refractivity contribution is 9.11. The highest BCUT2D eigenvalue weighted by Gasteiger charge is 2.34. The summed E-state index contributed by atoms with van der Waals surface area (Å²) in [4.78, 5) is 25.8. The van der Waals surface area contributed by atoms with Crippen LogP contribution in [0.1, 0.15) is 32.7 Å². The number of hydrogen-bond donors (Lipinski definition) is 0. The van der Waals surface area contributed by atoms with Crippen LogP contribution in [0.15, 0.2) is 51.4 Å². The van der Waals surface area contributed by atoms with Crippen LogP contribution in [0.5, 0.6) is 0 Å². The summed E-state index contributed by atoms with van der Waals surface area (Å²) in [6.07, 6.45) is 1.56. The predicted octanol–water partition coefficient (Wildman–Crippen LogP) is 4.44. The van der Waals surface area contributed by atoms with Crippen LogP contribution in [0.3, 0.4) is 0 Å². The third-order valence-corrected chi connectivity index (χ3v) is 4.56. The van der Waals surface area contributed by atoms with E-state index in [2.05, 4.69) is 31.9 Å². The van der Waals surface area contributed by atoms with Crippen molar-refractivity contribution in [1.29, 1.82) is 0 Å². The number of rotatable bonds is 4. The Kier molecular flexibility index (Phi) is 4.45. The molecule has 0 spiro atoms. The van der Waals surface area contributed by atoms with Gasteiger partial charge in [0.2, 0.25) is 0 Å². The van der Waals surface area contributed by atoms with Gasteiger partial charge in [-0.25, -0.2) is 0 Å². The maximum absolute atomic E-state index is 12.2. The van der Waals surface area contributed by atoms with Crippen LogP contribution in [-0.4, -0.2) is 23.3 Å². The molecule has 1 aliphatic heterocycles. The van der Waals surface area contributed by atoms with Crippen LogP contribution in [0.25, 0.3) is 0 Å². The highest BCUT2D eigenvalue weighted by Crippen LogP contribution is 2.24. The van der Waals surface area contributed by atoms with Crippen molar-refractivity contribution < 1.29 is 9.59 Å². The number of imide groups is 1. The van der Waals surface area contributed by atoms with Gasteiger partial charge in [-0.15, -0.1) is 0 Å². The summed E-state index contributed by atoms with van der Waals surface area (Å²) in [7, 11) is 0. The number of halogens is 2. The van der Waals surface area contributed by atoms with Crippen molar-refractivity contribution in [2.24, 2.45) is 0 Å². The number of carbonyl (C=O) groups excluding carboxylic acids is 2. The summed E-state index contributed by atoms with van der Waals surface area (Å²) in [5.74, 6) is -0.368. The Morgan fingerprint density at radius 3 is 1.95 bits per heavy atom. The van der Waals surface area contributed by atoms with Gasteiger partial charge in [-0.2, -0.15) is 0 Å². The molecular weight excluding hydrogens is 410 g/mol. The number of amides is 2. The molecular formula is C17H13Br2NO2. The van der Waals surface area contributed by atoms with Gasteiger partial charge >= 0.3 is 0 Å². The molecule has 3 nitrogen and oxygen atoms in total. The molecule has 0 bridgehead atoms. The van der Waals surface area contributed by atoms with E-state index in [4.69, 9.17) is 0 Å². The zero-order chi connectivity index (χ0) is 15.7. The second-order valence-corrected chi connectivity index (χ2v) is 7.02. The number of benzene rings is 2. The van der Waals surface area contributed by atoms with Gasteiger partial charge in [0.05, 0.1) is 11.1 Å². The minimum absolute atomic E-state index is 0.184. The molecule has 1 aliphatic rings. The maximum Gasteiger partial charge on any atom is 0.261 e. The summed E-state index contributed by atoms with van der Waals surface area (Å²) in [6, 6.07) is 13.1. The van der Waals surface area contributed by atoms with Crippen LogP contribution in [0, 0.1) is 0 Å². The van der Waals surface area contributed by atoms with Crippen molar-refractivity contribution in [2.45, 2.75) is 12.8 Å². The summed E-state index contributed by atoms with van der Waals surface area (Å²) in [5, 5.41) is 0. The fraction of sp³-hybridized carbons (Fsp3) is 0.176. The summed E-state index contributed by atoms with van der Waals surface area (Å²) >= 11 is 6.92. The van der Waals surface area contributed by atoms with Crippen molar-refractivity contribution in [3.63, 3.8) is 0 Å². The maximum atomic E-state index is 12.2. The molecule has 0 atom stereocenters. The van der Waals surface area contributed by atoms with Crippen molar-refractivity contribution >= 4 is 43.7 Å². The third kappa shape index (κ3) is 3.01. The molecule has 0 unspecified atom stereocenters. The van der Waals surface area contributed by atoms with Gasteiger partial charge in [0.1, 0.15) is 0 Å². The molecule has 0 aromatic heterocycles. The number of carbonyl (C=O) groups is 2. The third-order valence-electron chi connectivity index (χ3n) is 3.65. The summed E-state index contributed by atoms with van der Waals surface area (Å²) < 4.78 is 2.02. The first-order chi connectivity index (χ1) is 10.6. The van der Waals surface area contributed by atoms with Crippen LogP contribution in [-0.2, 0) is 6.42 Å². The number of hydrogen-bond acceptors (Lipinski definition) is 2. The first kappa shape index (κ1) is 15.4. The molecule has 112 valence electrons. The van der Waals surface area contributed by atoms with Crippen LogP contribution < -0.4 is 0 Å². The van der Waals surface area contributed by atoms with Gasteiger partial charge in [0.25, 0.3) is 11.8 Å². The topological polar surface area (TPSA) is 37.4 Å². The second kappa shape index (κ2) is 6.34. The minimum Gasteiger partial charge on any atom is -0.274 e. The average molecular weight is 423 g/mol. The van der Waals surface area contributed by atoms with Crippen LogP contribution in [0.4, 0.5) is 0 Å². The Labute approximate surface area is 145 Å². The first-order valence-electron chi connectivity index (χ1n) is 6.96. The lowest BCUT2D eigenvalue weighted by Gasteiger charge is -2.13. The quantitative estimate of drug-likeness (QED) is 0.683. The van der Waals surface area contributed by atoms with Gasteiger partial charge in [0, 0.05) is 15.5 Å². The molecule has 0 saturated carbocycles. The Morgan fingerprint density at radius 1 is 0.864 bits per heavy atom. The lowest BCUT2D eigenvalue weighted by molar-refractivity contribution is 0.0652. The Morgan fingerprint density at radius 2 is 1.41 bits per heavy atom. The normalized spacial score (nSPS) is 13.6. The van der Waals surface area contributed by atoms with Gasteiger partial charge in [0.15, 0.2) is 0 Å². The SMILES string of the molecule is O=C1c2ccccc2C(=O)N1CCCc1cc(Br)cc(Br)c1. The molecule has 0 aliphatic carbocycles. The molecule has 0 radical (unpaired) electrons. The number of aryl methyl sites for hydroxylation is 1. The minimum atomic E-state index is -0.184. The van der Waals surface area contributed by atoms with Gasteiger partial charge < -0.3 is 0 Å². The lowest BCUT2D eigenvalue weighted by atomic mass is 10.1. The molecule has 0 fully saturated rings. The highest BCUT2D eigenvalue weighted by atomic mass is 79.9. The zero-order valence-electron chi connectivity index (χ0n) is 11.7. The zero-order valence-corrected chi connectivity index (χ0v) is 14.9. The predicted molar refractivity (Wildman–Crippen MR) is 92.0 cm³/mol. The van der Waals surface area contributed by atoms with E-state index in [0.29, 0.717) is 17.7 Å². The van der Waals surface area contributed by atoms with Crippen LogP contribution >= 0.6 is 31.9 Å². The molecule has 2 aromatic rings. The smallest absolute Gasteiger partial charge is 0.261 e. The monoisotopic (exact) mass is 421 g/mol. The average Bonchev–Trinajstić information content (AvgIpc) is 2.72. The molecule has 3 rings (SSSR count). The number of fused-ring (bicyclic) bond motifs is 1. The fourth-order valence-electron chi connectivity index (χ4n) is 2.64. The van der Waals surface area contributed by atoms with Crippen molar-refractivity contribution in [3.05, 3.63) is 68.1 Å². The van der Waals surface area contributed by atoms with E-state index in [9.17, 15) is 9.59 Å². The molecule has 0 saturated heterocycles. The molecule has 5 heteroatoms. The van der Waals surface area contributed by atoms with E-state index < -0.39 is 0 Å². The summed E-state index contributed by atoms with van der Waals surface area (Å²) in [6.45, 7) is 0.441. The Bertz CT molecular complexity index is 703. The lowest BCUT2D eigenvalue weighted by Crippen LogP contribution is -2.30. The van der Waals surface area contributed by atoms with Gasteiger partial charge in [-0.1, -0.05) is 44.0 Å². The Hall–Kier alpha value is -1.46. The summed E-state index contributed by atoms with van der Waals surface area (Å²) in [5.41, 5.74) is 2.19. The largest absolute Gasteiger partial charge is 0.274 e. The standard InChI is InChI=1S/C17H13Br2NO2/c18-12-8-11(9-13(19)10-12)4-3-7-20-16(21)14-5-1-2-6-15(14)17(20)22/h1-2,5-6,8-10H,3-4,7H2. The Balaban J connectivity index is 1.66. The molecule has 22 heavy (non-hydrogen) atoms. The first-order valence-corrected chi connectivity index (χ1v) is 8.55. The van der Waals surface area contributed by atoms with Gasteiger partial charge in [-0.3, -0.25) is 14.5 Å². The van der Waals surface area contributed by atoms with E-state index in [1.807, 2.05) is 18.2 Å².